The number of isothiocyanates is 1. The van der Waals surface area contributed by atoms with Crippen LogP contribution in [0.5, 0.6) is 0 Å². The lowest BCUT2D eigenvalue weighted by atomic mass is 10.1. The Kier molecular flexibility index (Phi) is 2.45. The zero-order valence-corrected chi connectivity index (χ0v) is 5.87. The van der Waals surface area contributed by atoms with Gasteiger partial charge in [0.15, 0.2) is 0 Å². The highest BCUT2D eigenvalue weighted by atomic mass is 32.1. The largest absolute Gasteiger partial charge is 0.228 e. The van der Waals surface area contributed by atoms with Crippen molar-refractivity contribution >= 4 is 17.4 Å². The van der Waals surface area contributed by atoms with Gasteiger partial charge in [0, 0.05) is 12.8 Å². The summed E-state index contributed by atoms with van der Waals surface area (Å²) in [5.74, 6) is 5.99. The van der Waals surface area contributed by atoms with Gasteiger partial charge in [-0.15, -0.1) is 11.8 Å². The third kappa shape index (κ3) is 1.97. The van der Waals surface area contributed by atoms with Crippen LogP contribution < -0.4 is 0 Å². The van der Waals surface area contributed by atoms with Gasteiger partial charge in [0.25, 0.3) is 0 Å². The van der Waals surface area contributed by atoms with Crippen LogP contribution in [0.2, 0.25) is 0 Å². The first-order chi connectivity index (χ1) is 4.43. The molecule has 0 aromatic carbocycles. The van der Waals surface area contributed by atoms with E-state index in [0.717, 1.165) is 19.3 Å². The van der Waals surface area contributed by atoms with E-state index in [1.54, 1.807) is 0 Å². The Morgan fingerprint density at radius 2 is 2.44 bits per heavy atom. The van der Waals surface area contributed by atoms with Gasteiger partial charge in [0.2, 0.25) is 0 Å². The number of hydrogen-bond donors (Lipinski definition) is 0. The molecule has 0 N–H and O–H groups in total. The van der Waals surface area contributed by atoms with Crippen molar-refractivity contribution in [1.29, 1.82) is 0 Å². The van der Waals surface area contributed by atoms with Crippen LogP contribution in [0.1, 0.15) is 19.3 Å². The van der Waals surface area contributed by atoms with E-state index in [1.807, 2.05) is 0 Å². The SMILES string of the molecule is S=C=NC1CC#CCC1. The van der Waals surface area contributed by atoms with Crippen LogP contribution in [0.3, 0.4) is 0 Å². The molecule has 0 spiro atoms. The van der Waals surface area contributed by atoms with Crippen LogP contribution in [0.15, 0.2) is 4.99 Å². The highest BCUT2D eigenvalue weighted by Crippen LogP contribution is 2.08. The third-order valence-electron chi connectivity index (χ3n) is 1.30. The molecular weight excluding hydrogens is 130 g/mol. The summed E-state index contributed by atoms with van der Waals surface area (Å²) in [5, 5.41) is 2.38. The van der Waals surface area contributed by atoms with E-state index in [9.17, 15) is 0 Å². The monoisotopic (exact) mass is 137 g/mol. The minimum Gasteiger partial charge on any atom is -0.228 e. The summed E-state index contributed by atoms with van der Waals surface area (Å²) in [6.45, 7) is 0. The second kappa shape index (κ2) is 3.40. The highest BCUT2D eigenvalue weighted by molar-refractivity contribution is 7.78. The fraction of sp³-hybridized carbons (Fsp3) is 0.571. The van der Waals surface area contributed by atoms with Gasteiger partial charge in [-0.05, 0) is 18.6 Å². The molecule has 0 aromatic heterocycles. The number of thiocarbonyl (C=S) groups is 1. The van der Waals surface area contributed by atoms with Gasteiger partial charge in [-0.25, -0.2) is 4.99 Å². The standard InChI is InChI=1S/C7H7NS/c9-6-8-7-4-2-1-3-5-7/h7H,2,4-5H2. The maximum atomic E-state index is 4.47. The molecular formula is C7H7NS. The summed E-state index contributed by atoms with van der Waals surface area (Å²) in [5.41, 5.74) is 0. The lowest BCUT2D eigenvalue weighted by Gasteiger charge is -2.06. The molecule has 1 aliphatic rings. The molecule has 0 saturated heterocycles. The first-order valence-electron chi connectivity index (χ1n) is 2.96. The molecule has 1 aliphatic carbocycles. The van der Waals surface area contributed by atoms with Gasteiger partial charge in [0.05, 0.1) is 11.2 Å². The summed E-state index contributed by atoms with van der Waals surface area (Å²) in [6.07, 6.45) is 2.88. The molecule has 0 fully saturated rings. The van der Waals surface area contributed by atoms with Gasteiger partial charge in [-0.1, -0.05) is 0 Å². The Hall–Kier alpha value is -0.640. The molecule has 9 heavy (non-hydrogen) atoms. The smallest absolute Gasteiger partial charge is 0.0720 e. The van der Waals surface area contributed by atoms with Crippen LogP contribution in [0.25, 0.3) is 0 Å². The lowest BCUT2D eigenvalue weighted by Crippen LogP contribution is -2.04. The van der Waals surface area contributed by atoms with E-state index in [-0.39, 0.29) is 0 Å². The molecule has 0 amide bonds. The zero-order valence-electron chi connectivity index (χ0n) is 5.05. The van der Waals surface area contributed by atoms with E-state index in [2.05, 4.69) is 34.2 Å². The molecule has 0 saturated carbocycles. The Morgan fingerprint density at radius 3 is 3.00 bits per heavy atom. The van der Waals surface area contributed by atoms with Crippen LogP contribution >= 0.6 is 12.2 Å². The molecule has 0 bridgehead atoms. The molecule has 0 aliphatic heterocycles. The first kappa shape index (κ1) is 6.48. The van der Waals surface area contributed by atoms with E-state index in [1.165, 1.54) is 0 Å². The highest BCUT2D eigenvalue weighted by Gasteiger charge is 2.05. The van der Waals surface area contributed by atoms with Gasteiger partial charge >= 0.3 is 0 Å². The fourth-order valence-corrected chi connectivity index (χ4v) is 0.953. The van der Waals surface area contributed by atoms with E-state index < -0.39 is 0 Å². The fourth-order valence-electron chi connectivity index (χ4n) is 0.804. The lowest BCUT2D eigenvalue weighted by molar-refractivity contribution is 0.635. The predicted octanol–water partition coefficient (Wildman–Crippen LogP) is 1.65. The maximum absolute atomic E-state index is 4.47. The second-order valence-corrected chi connectivity index (χ2v) is 2.15. The van der Waals surface area contributed by atoms with Crippen LogP contribution in [-0.4, -0.2) is 11.2 Å². The van der Waals surface area contributed by atoms with Crippen molar-refractivity contribution in [1.82, 2.24) is 0 Å². The Morgan fingerprint density at radius 1 is 1.56 bits per heavy atom. The Labute approximate surface area is 60.2 Å². The molecule has 1 rings (SSSR count). The summed E-state index contributed by atoms with van der Waals surface area (Å²) in [6, 6.07) is 0.337. The summed E-state index contributed by atoms with van der Waals surface area (Å²) in [4.78, 5) is 3.95. The molecule has 0 heterocycles. The van der Waals surface area contributed by atoms with Gasteiger partial charge < -0.3 is 0 Å². The van der Waals surface area contributed by atoms with Crippen molar-refractivity contribution in [3.63, 3.8) is 0 Å². The number of hydrogen-bond acceptors (Lipinski definition) is 2. The average Bonchev–Trinajstić information content (AvgIpc) is 1.91. The molecule has 1 nitrogen and oxygen atoms in total. The quantitative estimate of drug-likeness (QED) is 0.304. The number of aliphatic imine (C=N–C) groups is 1. The third-order valence-corrected chi connectivity index (χ3v) is 1.41. The minimum atomic E-state index is 0.337. The molecule has 0 radical (unpaired) electrons. The normalized spacial score (nSPS) is 23.3. The van der Waals surface area contributed by atoms with Crippen molar-refractivity contribution < 1.29 is 0 Å². The number of nitrogens with zero attached hydrogens (tertiary/aromatic N) is 1. The van der Waals surface area contributed by atoms with Crippen molar-refractivity contribution in [2.24, 2.45) is 4.99 Å². The Bertz CT molecular complexity index is 193. The number of rotatable bonds is 1. The minimum absolute atomic E-state index is 0.337. The van der Waals surface area contributed by atoms with Crippen LogP contribution in [0, 0.1) is 11.8 Å². The molecule has 0 aromatic rings. The summed E-state index contributed by atoms with van der Waals surface area (Å²) >= 11 is 4.47. The van der Waals surface area contributed by atoms with Gasteiger partial charge in [-0.2, -0.15) is 0 Å². The predicted molar refractivity (Wildman–Crippen MR) is 40.4 cm³/mol. The first-order valence-corrected chi connectivity index (χ1v) is 3.37. The van der Waals surface area contributed by atoms with Crippen molar-refractivity contribution in [3.8, 4) is 11.8 Å². The molecule has 1 atom stereocenters. The van der Waals surface area contributed by atoms with Crippen LogP contribution in [0.4, 0.5) is 0 Å². The van der Waals surface area contributed by atoms with Gasteiger partial charge in [0.1, 0.15) is 0 Å². The molecule has 46 valence electrons. The molecule has 2 heteroatoms. The van der Waals surface area contributed by atoms with Crippen molar-refractivity contribution in [2.75, 3.05) is 0 Å². The zero-order chi connectivity index (χ0) is 6.53. The Balaban J connectivity index is 2.48. The second-order valence-electron chi connectivity index (χ2n) is 1.97. The molecule has 1 unspecified atom stereocenters. The summed E-state index contributed by atoms with van der Waals surface area (Å²) in [7, 11) is 0. The van der Waals surface area contributed by atoms with Crippen molar-refractivity contribution in [2.45, 2.75) is 25.3 Å². The topological polar surface area (TPSA) is 12.4 Å². The average molecular weight is 137 g/mol. The summed E-state index contributed by atoms with van der Waals surface area (Å²) < 4.78 is 0. The van der Waals surface area contributed by atoms with Crippen molar-refractivity contribution in [3.05, 3.63) is 0 Å². The maximum Gasteiger partial charge on any atom is 0.0720 e. The van der Waals surface area contributed by atoms with E-state index in [4.69, 9.17) is 0 Å². The van der Waals surface area contributed by atoms with E-state index >= 15 is 0 Å². The van der Waals surface area contributed by atoms with Gasteiger partial charge in [-0.3, -0.25) is 0 Å². The van der Waals surface area contributed by atoms with E-state index in [0.29, 0.717) is 6.04 Å². The van der Waals surface area contributed by atoms with Crippen LogP contribution in [-0.2, 0) is 0 Å².